The van der Waals surface area contributed by atoms with E-state index in [2.05, 4.69) is 39.8 Å². The molecule has 4 atom stereocenters. The van der Waals surface area contributed by atoms with Gasteiger partial charge in [0, 0.05) is 63.3 Å². The third kappa shape index (κ3) is 6.62. The minimum atomic E-state index is -0.924. The number of carbonyl (C=O) groups is 4. The summed E-state index contributed by atoms with van der Waals surface area (Å²) in [6.45, 7) is 13.2. The first-order valence-electron chi connectivity index (χ1n) is 14.6. The predicted molar refractivity (Wildman–Crippen MR) is 172 cm³/mol. The van der Waals surface area contributed by atoms with Crippen LogP contribution >= 0.6 is 12.6 Å². The van der Waals surface area contributed by atoms with Gasteiger partial charge in [0.15, 0.2) is 0 Å². The quantitative estimate of drug-likeness (QED) is 0.191. The van der Waals surface area contributed by atoms with Gasteiger partial charge in [0.1, 0.15) is 0 Å². The number of carboxylic acids is 2. The molecule has 10 nitrogen and oxygen atoms in total. The fourth-order valence-corrected chi connectivity index (χ4v) is 6.58. The van der Waals surface area contributed by atoms with Crippen molar-refractivity contribution in [3.8, 4) is 0 Å². The maximum Gasteiger partial charge on any atom is 0.303 e. The van der Waals surface area contributed by atoms with E-state index in [1.165, 1.54) is 6.08 Å². The first-order valence-corrected chi connectivity index (χ1v) is 15.2. The standard InChI is InChI=1S/C33H40N4O6S/c1-7-20-15(2)25(36-33(20)43)12-23-16(3)21(8-10-29(38)39)26(34-23)14-27-22(9-11-30(40)41)17(4)24(35-27)13-28-31(19(6)44)18(5)32(42)37-28/h7,12-14,18-19,25,31,34-35,44H,1,8-11H2,2-6H3,(H,36,43)(H,37,42)(H,38,39)(H,40,41)/b23-12+,26-14-,28-13-/t18-,19-,25-,31+/m1/s1. The zero-order valence-corrected chi connectivity index (χ0v) is 26.5. The number of nitrogens with one attached hydrogen (secondary N) is 4. The Hall–Kier alpha value is -4.25. The van der Waals surface area contributed by atoms with E-state index in [1.54, 1.807) is 0 Å². The number of carboxylic acid groups (broad SMARTS) is 2. The van der Waals surface area contributed by atoms with Crippen molar-refractivity contribution in [1.82, 2.24) is 20.6 Å². The molecule has 0 aromatic carbocycles. The molecule has 0 bridgehead atoms. The molecule has 6 N–H and O–H groups in total. The second kappa shape index (κ2) is 13.2. The average Bonchev–Trinajstić information content (AvgIpc) is 3.59. The Morgan fingerprint density at radius 2 is 1.59 bits per heavy atom. The molecule has 0 unspecified atom stereocenters. The van der Waals surface area contributed by atoms with Gasteiger partial charge < -0.3 is 30.8 Å². The molecular weight excluding hydrogens is 580 g/mol. The summed E-state index contributed by atoms with van der Waals surface area (Å²) in [6, 6.07) is -0.351. The lowest BCUT2D eigenvalue weighted by Gasteiger charge is -2.17. The highest BCUT2D eigenvalue weighted by atomic mass is 32.1. The van der Waals surface area contributed by atoms with Crippen LogP contribution in [0.4, 0.5) is 0 Å². The van der Waals surface area contributed by atoms with Gasteiger partial charge in [-0.25, -0.2) is 0 Å². The minimum Gasteiger partial charge on any atom is -0.481 e. The molecule has 4 heterocycles. The third-order valence-electron chi connectivity index (χ3n) is 8.73. The number of H-pyrrole nitrogens is 2. The Morgan fingerprint density at radius 1 is 0.955 bits per heavy atom. The highest BCUT2D eigenvalue weighted by Crippen LogP contribution is 2.34. The number of aliphatic carboxylic acids is 2. The molecule has 2 aromatic rings. The van der Waals surface area contributed by atoms with E-state index in [9.17, 15) is 29.4 Å². The summed E-state index contributed by atoms with van der Waals surface area (Å²) in [5.74, 6) is -2.46. The molecule has 1 fully saturated rings. The van der Waals surface area contributed by atoms with Crippen molar-refractivity contribution in [3.05, 3.63) is 73.8 Å². The largest absolute Gasteiger partial charge is 0.481 e. The van der Waals surface area contributed by atoms with Gasteiger partial charge in [-0.05, 0) is 79.7 Å². The fraction of sp³-hybridized carbons (Fsp3) is 0.394. The average molecular weight is 621 g/mol. The van der Waals surface area contributed by atoms with Gasteiger partial charge in [-0.2, -0.15) is 12.6 Å². The fourth-order valence-electron chi connectivity index (χ4n) is 6.17. The van der Waals surface area contributed by atoms with Crippen molar-refractivity contribution < 1.29 is 29.4 Å². The lowest BCUT2D eigenvalue weighted by molar-refractivity contribution is -0.138. The van der Waals surface area contributed by atoms with Crippen LogP contribution in [0, 0.1) is 25.7 Å². The normalized spacial score (nSPS) is 22.6. The number of hydrogen-bond donors (Lipinski definition) is 7. The van der Waals surface area contributed by atoms with E-state index in [4.69, 9.17) is 0 Å². The van der Waals surface area contributed by atoms with Crippen LogP contribution in [0.5, 0.6) is 0 Å². The summed E-state index contributed by atoms with van der Waals surface area (Å²) in [6.07, 6.45) is 7.61. The number of aromatic amines is 2. The number of allylic oxidation sites excluding steroid dienone is 1. The van der Waals surface area contributed by atoms with E-state index in [0.717, 1.165) is 44.6 Å². The second-order valence-electron chi connectivity index (χ2n) is 11.6. The predicted octanol–water partition coefficient (Wildman–Crippen LogP) is 2.65. The molecule has 2 aliphatic heterocycles. The molecule has 2 aromatic heterocycles. The van der Waals surface area contributed by atoms with Crippen LogP contribution in [-0.2, 0) is 32.0 Å². The topological polar surface area (TPSA) is 164 Å². The van der Waals surface area contributed by atoms with Crippen LogP contribution in [0.3, 0.4) is 0 Å². The summed E-state index contributed by atoms with van der Waals surface area (Å²) in [7, 11) is 0. The minimum absolute atomic E-state index is 0.0676. The summed E-state index contributed by atoms with van der Waals surface area (Å²) in [5, 5.41) is 26.2. The van der Waals surface area contributed by atoms with Crippen molar-refractivity contribution in [3.63, 3.8) is 0 Å². The van der Waals surface area contributed by atoms with E-state index in [-0.39, 0.29) is 60.6 Å². The SMILES string of the molecule is C=CC1=C(C)[C@@H](/C=c2/[nH]/c(=C\c3[nH]c(/C=C4\NC(=O)[C@H](C)[C@H]4[C@@H](C)S)c(C)c3CCC(=O)O)c(CCC(=O)O)c2C)NC1=O. The van der Waals surface area contributed by atoms with E-state index in [0.29, 0.717) is 16.6 Å². The van der Waals surface area contributed by atoms with Gasteiger partial charge in [-0.1, -0.05) is 26.5 Å². The number of aromatic nitrogens is 2. The summed E-state index contributed by atoms with van der Waals surface area (Å²) in [5.41, 5.74) is 6.89. The number of carbonyl (C=O) groups excluding carboxylic acids is 2. The first kappa shape index (κ1) is 32.7. The van der Waals surface area contributed by atoms with Crippen molar-refractivity contribution >= 4 is 54.6 Å². The van der Waals surface area contributed by atoms with Crippen LogP contribution in [0.25, 0.3) is 18.2 Å². The second-order valence-corrected chi connectivity index (χ2v) is 12.4. The number of amides is 2. The zero-order chi connectivity index (χ0) is 32.5. The first-order chi connectivity index (χ1) is 20.7. The molecule has 0 spiro atoms. The smallest absolute Gasteiger partial charge is 0.303 e. The summed E-state index contributed by atoms with van der Waals surface area (Å²) < 4.78 is 0. The Labute approximate surface area is 261 Å². The lowest BCUT2D eigenvalue weighted by Crippen LogP contribution is -2.29. The summed E-state index contributed by atoms with van der Waals surface area (Å²) >= 11 is 4.62. The molecule has 234 valence electrons. The van der Waals surface area contributed by atoms with Crippen LogP contribution < -0.4 is 21.3 Å². The van der Waals surface area contributed by atoms with Crippen molar-refractivity contribution in [1.29, 1.82) is 0 Å². The zero-order valence-electron chi connectivity index (χ0n) is 25.6. The Balaban J connectivity index is 1.89. The molecular formula is C33H40N4O6S. The van der Waals surface area contributed by atoms with Gasteiger partial charge in [0.2, 0.25) is 5.91 Å². The van der Waals surface area contributed by atoms with Gasteiger partial charge in [-0.15, -0.1) is 0 Å². The molecule has 2 aliphatic rings. The lowest BCUT2D eigenvalue weighted by atomic mass is 9.91. The molecule has 44 heavy (non-hydrogen) atoms. The van der Waals surface area contributed by atoms with Crippen LogP contribution in [0.2, 0.25) is 0 Å². The van der Waals surface area contributed by atoms with E-state index < -0.39 is 11.9 Å². The van der Waals surface area contributed by atoms with Gasteiger partial charge >= 0.3 is 11.9 Å². The van der Waals surface area contributed by atoms with Crippen LogP contribution in [-0.4, -0.2) is 55.2 Å². The number of rotatable bonds is 11. The molecule has 4 rings (SSSR count). The monoisotopic (exact) mass is 620 g/mol. The molecule has 1 saturated heterocycles. The Kier molecular flexibility index (Phi) is 9.78. The van der Waals surface area contributed by atoms with Crippen molar-refractivity contribution in [2.75, 3.05) is 0 Å². The van der Waals surface area contributed by atoms with Crippen LogP contribution in [0.15, 0.2) is 29.5 Å². The maximum atomic E-state index is 12.5. The third-order valence-corrected chi connectivity index (χ3v) is 9.05. The number of thiol groups is 1. The van der Waals surface area contributed by atoms with Gasteiger partial charge in [0.25, 0.3) is 5.91 Å². The van der Waals surface area contributed by atoms with E-state index >= 15 is 0 Å². The van der Waals surface area contributed by atoms with E-state index in [1.807, 2.05) is 52.8 Å². The molecule has 0 radical (unpaired) electrons. The molecule has 2 amide bonds. The maximum absolute atomic E-state index is 12.5. The Morgan fingerprint density at radius 3 is 2.16 bits per heavy atom. The van der Waals surface area contributed by atoms with Crippen molar-refractivity contribution in [2.24, 2.45) is 11.8 Å². The molecule has 0 saturated carbocycles. The van der Waals surface area contributed by atoms with Gasteiger partial charge in [-0.3, -0.25) is 19.2 Å². The van der Waals surface area contributed by atoms with Crippen LogP contribution in [0.1, 0.15) is 67.3 Å². The van der Waals surface area contributed by atoms with Crippen molar-refractivity contribution in [2.45, 2.75) is 71.6 Å². The highest BCUT2D eigenvalue weighted by molar-refractivity contribution is 7.80. The summed E-state index contributed by atoms with van der Waals surface area (Å²) in [4.78, 5) is 54.8. The Bertz CT molecular complexity index is 1720. The molecule has 11 heteroatoms. The number of hydrogen-bond acceptors (Lipinski definition) is 5. The highest BCUT2D eigenvalue weighted by Gasteiger charge is 2.37. The van der Waals surface area contributed by atoms with Gasteiger partial charge in [0.05, 0.1) is 6.04 Å². The molecule has 0 aliphatic carbocycles.